The quantitative estimate of drug-likeness (QED) is 0.889. The van der Waals surface area contributed by atoms with E-state index in [4.69, 9.17) is 9.15 Å². The van der Waals surface area contributed by atoms with Crippen molar-refractivity contribution in [2.45, 2.75) is 58.3 Å². The smallest absolute Gasteiger partial charge is 0.121 e. The van der Waals surface area contributed by atoms with E-state index >= 15 is 0 Å². The molecule has 1 saturated heterocycles. The third-order valence-electron chi connectivity index (χ3n) is 3.82. The average molecular weight is 251 g/mol. The Balaban J connectivity index is 2.26. The highest BCUT2D eigenvalue weighted by molar-refractivity contribution is 5.11. The zero-order valence-electron chi connectivity index (χ0n) is 12.1. The van der Waals surface area contributed by atoms with Gasteiger partial charge in [-0.05, 0) is 52.8 Å². The summed E-state index contributed by atoms with van der Waals surface area (Å²) in [6.45, 7) is 11.8. The van der Waals surface area contributed by atoms with Gasteiger partial charge >= 0.3 is 0 Å². The third-order valence-corrected chi connectivity index (χ3v) is 3.82. The maximum Gasteiger partial charge on any atom is 0.121 e. The lowest BCUT2D eigenvalue weighted by Crippen LogP contribution is -2.38. The Morgan fingerprint density at radius 3 is 2.56 bits per heavy atom. The molecule has 0 spiro atoms. The maximum atomic E-state index is 6.19. The highest BCUT2D eigenvalue weighted by Crippen LogP contribution is 2.47. The minimum atomic E-state index is -0.136. The van der Waals surface area contributed by atoms with Crippen LogP contribution in [0.15, 0.2) is 22.8 Å². The van der Waals surface area contributed by atoms with Crippen molar-refractivity contribution in [3.05, 3.63) is 24.2 Å². The zero-order valence-corrected chi connectivity index (χ0v) is 12.1. The molecular formula is C15H25NO2. The molecule has 1 aliphatic heterocycles. The van der Waals surface area contributed by atoms with Crippen LogP contribution in [0.25, 0.3) is 0 Å². The van der Waals surface area contributed by atoms with Crippen LogP contribution in [0.3, 0.4) is 0 Å². The number of ether oxygens (including phenoxy) is 1. The summed E-state index contributed by atoms with van der Waals surface area (Å²) in [6.07, 6.45) is 2.78. The average Bonchev–Trinajstić information content (AvgIpc) is 2.80. The van der Waals surface area contributed by atoms with Gasteiger partial charge in [-0.3, -0.25) is 0 Å². The Bertz CT molecular complexity index is 381. The summed E-state index contributed by atoms with van der Waals surface area (Å²) >= 11 is 0. The van der Waals surface area contributed by atoms with Crippen LogP contribution >= 0.6 is 0 Å². The Morgan fingerprint density at radius 1 is 1.39 bits per heavy atom. The van der Waals surface area contributed by atoms with E-state index in [1.165, 1.54) is 0 Å². The van der Waals surface area contributed by atoms with Crippen LogP contribution in [-0.2, 0) is 4.74 Å². The first kappa shape index (κ1) is 13.6. The van der Waals surface area contributed by atoms with E-state index in [1.807, 2.05) is 6.07 Å². The molecule has 0 saturated carbocycles. The Kier molecular flexibility index (Phi) is 3.56. The van der Waals surface area contributed by atoms with Crippen molar-refractivity contribution in [2.24, 2.45) is 5.92 Å². The van der Waals surface area contributed by atoms with Gasteiger partial charge in [0, 0.05) is 5.92 Å². The van der Waals surface area contributed by atoms with Gasteiger partial charge in [0.15, 0.2) is 0 Å². The lowest BCUT2D eigenvalue weighted by molar-refractivity contribution is -0.0784. The van der Waals surface area contributed by atoms with Crippen LogP contribution in [0.5, 0.6) is 0 Å². The van der Waals surface area contributed by atoms with Crippen LogP contribution in [0.2, 0.25) is 0 Å². The van der Waals surface area contributed by atoms with Gasteiger partial charge in [-0.2, -0.15) is 0 Å². The molecule has 3 nitrogen and oxygen atoms in total. The molecule has 1 aromatic heterocycles. The van der Waals surface area contributed by atoms with Crippen molar-refractivity contribution in [2.75, 3.05) is 6.54 Å². The lowest BCUT2D eigenvalue weighted by atomic mass is 9.80. The van der Waals surface area contributed by atoms with E-state index in [0.29, 0.717) is 5.92 Å². The third kappa shape index (κ3) is 2.62. The summed E-state index contributed by atoms with van der Waals surface area (Å²) in [4.78, 5) is 0. The van der Waals surface area contributed by atoms with Gasteiger partial charge in [0.1, 0.15) is 5.76 Å². The molecule has 1 aromatic rings. The molecule has 2 heterocycles. The molecule has 0 radical (unpaired) electrons. The molecule has 0 aromatic carbocycles. The fourth-order valence-electron chi connectivity index (χ4n) is 3.25. The summed E-state index contributed by atoms with van der Waals surface area (Å²) in [6, 6.07) is 4.23. The van der Waals surface area contributed by atoms with Crippen LogP contribution in [0.1, 0.15) is 52.8 Å². The Hall–Kier alpha value is -0.800. The molecular weight excluding hydrogens is 226 g/mol. The molecule has 3 heteroatoms. The zero-order chi connectivity index (χ0) is 13.4. The van der Waals surface area contributed by atoms with Gasteiger partial charge in [0.05, 0.1) is 23.5 Å². The summed E-state index contributed by atoms with van der Waals surface area (Å²) in [5.74, 6) is 1.43. The molecule has 2 rings (SSSR count). The summed E-state index contributed by atoms with van der Waals surface area (Å²) in [5, 5.41) is 3.55. The molecule has 2 atom stereocenters. The molecule has 102 valence electrons. The second-order valence-electron chi connectivity index (χ2n) is 6.33. The minimum absolute atomic E-state index is 0.0611. The van der Waals surface area contributed by atoms with E-state index in [0.717, 1.165) is 18.7 Å². The SMILES string of the molecule is CCNC(c1ccco1)C1CC(C)(C)OC1(C)C. The van der Waals surface area contributed by atoms with Crippen LogP contribution in [0.4, 0.5) is 0 Å². The largest absolute Gasteiger partial charge is 0.468 e. The number of hydrogen-bond donors (Lipinski definition) is 1. The Morgan fingerprint density at radius 2 is 2.11 bits per heavy atom. The fourth-order valence-corrected chi connectivity index (χ4v) is 3.25. The van der Waals surface area contributed by atoms with Crippen LogP contribution in [0, 0.1) is 5.92 Å². The van der Waals surface area contributed by atoms with Gasteiger partial charge < -0.3 is 14.5 Å². The second kappa shape index (κ2) is 4.71. The molecule has 18 heavy (non-hydrogen) atoms. The van der Waals surface area contributed by atoms with Crippen molar-refractivity contribution in [1.29, 1.82) is 0 Å². The highest BCUT2D eigenvalue weighted by Gasteiger charge is 2.49. The predicted octanol–water partition coefficient (Wildman–Crippen LogP) is 3.52. The van der Waals surface area contributed by atoms with Crippen molar-refractivity contribution in [3.63, 3.8) is 0 Å². The van der Waals surface area contributed by atoms with Gasteiger partial charge in [0.2, 0.25) is 0 Å². The van der Waals surface area contributed by atoms with Gasteiger partial charge in [-0.1, -0.05) is 6.92 Å². The first-order valence-corrected chi connectivity index (χ1v) is 6.83. The van der Waals surface area contributed by atoms with Crippen molar-refractivity contribution >= 4 is 0 Å². The van der Waals surface area contributed by atoms with E-state index in [-0.39, 0.29) is 17.2 Å². The van der Waals surface area contributed by atoms with Gasteiger partial charge in [0.25, 0.3) is 0 Å². The number of furan rings is 1. The minimum Gasteiger partial charge on any atom is -0.468 e. The first-order valence-electron chi connectivity index (χ1n) is 6.83. The predicted molar refractivity (Wildman–Crippen MR) is 72.5 cm³/mol. The van der Waals surface area contributed by atoms with Crippen molar-refractivity contribution < 1.29 is 9.15 Å². The molecule has 0 aliphatic carbocycles. The second-order valence-corrected chi connectivity index (χ2v) is 6.33. The van der Waals surface area contributed by atoms with Crippen molar-refractivity contribution in [3.8, 4) is 0 Å². The van der Waals surface area contributed by atoms with Crippen LogP contribution in [-0.4, -0.2) is 17.7 Å². The highest BCUT2D eigenvalue weighted by atomic mass is 16.5. The summed E-state index contributed by atoms with van der Waals surface area (Å²) in [7, 11) is 0. The van der Waals surface area contributed by atoms with E-state index < -0.39 is 0 Å². The van der Waals surface area contributed by atoms with Crippen molar-refractivity contribution in [1.82, 2.24) is 5.32 Å². The molecule has 1 fully saturated rings. The van der Waals surface area contributed by atoms with Gasteiger partial charge in [-0.15, -0.1) is 0 Å². The van der Waals surface area contributed by atoms with E-state index in [1.54, 1.807) is 6.26 Å². The Labute approximate surface area is 110 Å². The topological polar surface area (TPSA) is 34.4 Å². The fraction of sp³-hybridized carbons (Fsp3) is 0.733. The van der Waals surface area contributed by atoms with Crippen LogP contribution < -0.4 is 5.32 Å². The molecule has 2 unspecified atom stereocenters. The van der Waals surface area contributed by atoms with E-state index in [2.05, 4.69) is 46.0 Å². The molecule has 0 bridgehead atoms. The van der Waals surface area contributed by atoms with Gasteiger partial charge in [-0.25, -0.2) is 0 Å². The number of nitrogens with one attached hydrogen (secondary N) is 1. The number of hydrogen-bond acceptors (Lipinski definition) is 3. The first-order chi connectivity index (χ1) is 8.36. The summed E-state index contributed by atoms with van der Waals surface area (Å²) in [5.41, 5.74) is -0.197. The monoisotopic (exact) mass is 251 g/mol. The molecule has 0 amide bonds. The lowest BCUT2D eigenvalue weighted by Gasteiger charge is -2.32. The van der Waals surface area contributed by atoms with E-state index in [9.17, 15) is 0 Å². The maximum absolute atomic E-state index is 6.19. The molecule has 1 N–H and O–H groups in total. The number of rotatable bonds is 4. The molecule has 1 aliphatic rings. The standard InChI is InChI=1S/C15H25NO2/c1-6-16-13(12-8-7-9-17-12)11-10-14(2,3)18-15(11,4)5/h7-9,11,13,16H,6,10H2,1-5H3. The normalized spacial score (nSPS) is 27.3. The summed E-state index contributed by atoms with van der Waals surface area (Å²) < 4.78 is 11.8.